The molecule has 0 aliphatic heterocycles. The number of hydrazone groups is 1. The lowest BCUT2D eigenvalue weighted by Gasteiger charge is -2.03. The van der Waals surface area contributed by atoms with Crippen LogP contribution in [0.4, 0.5) is 5.69 Å². The summed E-state index contributed by atoms with van der Waals surface area (Å²) >= 11 is 0. The fourth-order valence-electron chi connectivity index (χ4n) is 1.52. The van der Waals surface area contributed by atoms with E-state index in [2.05, 4.69) is 41.7 Å². The topological polar surface area (TPSA) is 24.4 Å². The molecular formula is C15H16N2. The predicted molar refractivity (Wildman–Crippen MR) is 73.5 cm³/mol. The second-order valence-electron chi connectivity index (χ2n) is 4.04. The monoisotopic (exact) mass is 224 g/mol. The fourth-order valence-corrected chi connectivity index (χ4v) is 1.52. The van der Waals surface area contributed by atoms with Gasteiger partial charge >= 0.3 is 0 Å². The summed E-state index contributed by atoms with van der Waals surface area (Å²) in [6, 6.07) is 18.3. The van der Waals surface area contributed by atoms with Crippen molar-refractivity contribution in [1.82, 2.24) is 0 Å². The normalized spacial score (nSPS) is 11.3. The highest BCUT2D eigenvalue weighted by Gasteiger charge is 1.95. The summed E-state index contributed by atoms with van der Waals surface area (Å²) in [6.07, 6.45) is 0. The van der Waals surface area contributed by atoms with Crippen molar-refractivity contribution >= 4 is 11.4 Å². The van der Waals surface area contributed by atoms with Gasteiger partial charge in [0.05, 0.1) is 11.4 Å². The van der Waals surface area contributed by atoms with Crippen molar-refractivity contribution in [2.45, 2.75) is 13.8 Å². The van der Waals surface area contributed by atoms with Gasteiger partial charge in [-0.1, -0.05) is 48.0 Å². The molecular weight excluding hydrogens is 208 g/mol. The lowest BCUT2D eigenvalue weighted by molar-refractivity contribution is 1.31. The molecule has 2 rings (SSSR count). The van der Waals surface area contributed by atoms with E-state index in [9.17, 15) is 0 Å². The van der Waals surface area contributed by atoms with Crippen LogP contribution in [0.25, 0.3) is 0 Å². The molecule has 0 saturated carbocycles. The van der Waals surface area contributed by atoms with Gasteiger partial charge in [-0.25, -0.2) is 0 Å². The van der Waals surface area contributed by atoms with Crippen molar-refractivity contribution in [1.29, 1.82) is 0 Å². The molecule has 0 bridgehead atoms. The van der Waals surface area contributed by atoms with Crippen LogP contribution in [0, 0.1) is 6.92 Å². The number of nitrogens with one attached hydrogen (secondary N) is 1. The van der Waals surface area contributed by atoms with E-state index >= 15 is 0 Å². The third-order valence-electron chi connectivity index (χ3n) is 2.60. The Morgan fingerprint density at radius 1 is 0.941 bits per heavy atom. The van der Waals surface area contributed by atoms with Gasteiger partial charge in [0.25, 0.3) is 0 Å². The summed E-state index contributed by atoms with van der Waals surface area (Å²) in [4.78, 5) is 0. The van der Waals surface area contributed by atoms with Crippen molar-refractivity contribution in [3.8, 4) is 0 Å². The minimum Gasteiger partial charge on any atom is -0.278 e. The van der Waals surface area contributed by atoms with Crippen LogP contribution in [-0.2, 0) is 0 Å². The molecule has 0 unspecified atom stereocenters. The van der Waals surface area contributed by atoms with Crippen LogP contribution < -0.4 is 5.43 Å². The average molecular weight is 224 g/mol. The smallest absolute Gasteiger partial charge is 0.0648 e. The Hall–Kier alpha value is -2.09. The summed E-state index contributed by atoms with van der Waals surface area (Å²) < 4.78 is 0. The highest BCUT2D eigenvalue weighted by atomic mass is 15.3. The second kappa shape index (κ2) is 5.30. The molecule has 0 saturated heterocycles. The van der Waals surface area contributed by atoms with Crippen LogP contribution in [0.5, 0.6) is 0 Å². The lowest BCUT2D eigenvalue weighted by atomic mass is 10.1. The summed E-state index contributed by atoms with van der Waals surface area (Å²) in [5, 5.41) is 4.36. The second-order valence-corrected chi connectivity index (χ2v) is 4.04. The van der Waals surface area contributed by atoms with Gasteiger partial charge in [0, 0.05) is 0 Å². The Kier molecular flexibility index (Phi) is 3.55. The molecule has 0 spiro atoms. The molecule has 0 amide bonds. The maximum absolute atomic E-state index is 4.36. The summed E-state index contributed by atoms with van der Waals surface area (Å²) in [5.74, 6) is 0. The summed E-state index contributed by atoms with van der Waals surface area (Å²) in [6.45, 7) is 4.07. The molecule has 0 aromatic heterocycles. The number of hydrogen-bond acceptors (Lipinski definition) is 2. The molecule has 2 aromatic carbocycles. The number of nitrogens with zero attached hydrogens (tertiary/aromatic N) is 1. The van der Waals surface area contributed by atoms with E-state index in [0.717, 1.165) is 17.0 Å². The van der Waals surface area contributed by atoms with Crippen LogP contribution in [0.1, 0.15) is 18.1 Å². The van der Waals surface area contributed by atoms with Gasteiger partial charge in [0.15, 0.2) is 0 Å². The molecule has 2 heteroatoms. The quantitative estimate of drug-likeness (QED) is 0.622. The zero-order valence-corrected chi connectivity index (χ0v) is 10.1. The molecule has 0 atom stereocenters. The molecule has 2 aromatic rings. The Morgan fingerprint density at radius 3 is 2.24 bits per heavy atom. The minimum absolute atomic E-state index is 0.978. The first kappa shape index (κ1) is 11.4. The first-order valence-electron chi connectivity index (χ1n) is 5.68. The van der Waals surface area contributed by atoms with E-state index in [1.54, 1.807) is 0 Å². The van der Waals surface area contributed by atoms with Crippen LogP contribution in [-0.4, -0.2) is 5.71 Å². The first-order valence-corrected chi connectivity index (χ1v) is 5.68. The first-order chi connectivity index (χ1) is 8.25. The SMILES string of the molecule is C/C(=N/Nc1ccc(C)cc1)c1ccccc1. The number of aryl methyl sites for hydroxylation is 1. The van der Waals surface area contributed by atoms with Crippen LogP contribution in [0.2, 0.25) is 0 Å². The lowest BCUT2D eigenvalue weighted by Crippen LogP contribution is -1.99. The number of benzene rings is 2. The Balaban J connectivity index is 2.08. The zero-order valence-electron chi connectivity index (χ0n) is 10.1. The number of hydrogen-bond donors (Lipinski definition) is 1. The fraction of sp³-hybridized carbons (Fsp3) is 0.133. The minimum atomic E-state index is 0.978. The maximum Gasteiger partial charge on any atom is 0.0648 e. The maximum atomic E-state index is 4.36. The van der Waals surface area contributed by atoms with Gasteiger partial charge in [-0.2, -0.15) is 5.10 Å². The Morgan fingerprint density at radius 2 is 1.59 bits per heavy atom. The van der Waals surface area contributed by atoms with Gasteiger partial charge in [-0.15, -0.1) is 0 Å². The van der Waals surface area contributed by atoms with E-state index in [-0.39, 0.29) is 0 Å². The van der Waals surface area contributed by atoms with Gasteiger partial charge in [-0.05, 0) is 31.5 Å². The van der Waals surface area contributed by atoms with Crippen LogP contribution >= 0.6 is 0 Å². The molecule has 0 aliphatic rings. The van der Waals surface area contributed by atoms with E-state index < -0.39 is 0 Å². The Labute approximate surface area is 102 Å². The van der Waals surface area contributed by atoms with E-state index in [4.69, 9.17) is 0 Å². The molecule has 17 heavy (non-hydrogen) atoms. The third kappa shape index (κ3) is 3.18. The zero-order chi connectivity index (χ0) is 12.1. The molecule has 2 nitrogen and oxygen atoms in total. The van der Waals surface area contributed by atoms with Gasteiger partial charge in [0.1, 0.15) is 0 Å². The molecule has 0 heterocycles. The Bertz CT molecular complexity index is 498. The highest BCUT2D eigenvalue weighted by molar-refractivity contribution is 5.98. The molecule has 1 N–H and O–H groups in total. The molecule has 0 fully saturated rings. The van der Waals surface area contributed by atoms with Gasteiger partial charge < -0.3 is 0 Å². The molecule has 0 radical (unpaired) electrons. The summed E-state index contributed by atoms with van der Waals surface area (Å²) in [7, 11) is 0. The van der Waals surface area contributed by atoms with E-state index in [1.165, 1.54) is 5.56 Å². The summed E-state index contributed by atoms with van der Waals surface area (Å²) in [5.41, 5.74) is 7.42. The number of rotatable bonds is 3. The predicted octanol–water partition coefficient (Wildman–Crippen LogP) is 3.83. The molecule has 0 aliphatic carbocycles. The average Bonchev–Trinajstić information content (AvgIpc) is 2.39. The van der Waals surface area contributed by atoms with Crippen molar-refractivity contribution < 1.29 is 0 Å². The van der Waals surface area contributed by atoms with Crippen LogP contribution in [0.15, 0.2) is 59.7 Å². The number of anilines is 1. The highest BCUT2D eigenvalue weighted by Crippen LogP contribution is 2.09. The molecule has 86 valence electrons. The standard InChI is InChI=1S/C15H16N2/c1-12-8-10-15(11-9-12)17-16-13(2)14-6-4-3-5-7-14/h3-11,17H,1-2H3/b16-13-. The third-order valence-corrected chi connectivity index (χ3v) is 2.60. The van der Waals surface area contributed by atoms with Gasteiger partial charge in [0.2, 0.25) is 0 Å². The van der Waals surface area contributed by atoms with Crippen LogP contribution in [0.3, 0.4) is 0 Å². The van der Waals surface area contributed by atoms with E-state index in [1.807, 2.05) is 37.3 Å². The van der Waals surface area contributed by atoms with Gasteiger partial charge in [-0.3, -0.25) is 5.43 Å². The van der Waals surface area contributed by atoms with Crippen molar-refractivity contribution in [2.75, 3.05) is 5.43 Å². The largest absolute Gasteiger partial charge is 0.278 e. The van der Waals surface area contributed by atoms with Crippen molar-refractivity contribution in [2.24, 2.45) is 5.10 Å². The van der Waals surface area contributed by atoms with E-state index in [0.29, 0.717) is 0 Å². The van der Waals surface area contributed by atoms with Crippen molar-refractivity contribution in [3.05, 3.63) is 65.7 Å². The van der Waals surface area contributed by atoms with Crippen molar-refractivity contribution in [3.63, 3.8) is 0 Å².